The number of furan rings is 1. The lowest BCUT2D eigenvalue weighted by atomic mass is 10.0. The number of hydrogen-bond donors (Lipinski definition) is 1. The van der Waals surface area contributed by atoms with Gasteiger partial charge in [0.05, 0.1) is 0 Å². The Morgan fingerprint density at radius 1 is 0.714 bits per heavy atom. The smallest absolute Gasteiger partial charge is 0.135 e. The van der Waals surface area contributed by atoms with Crippen molar-refractivity contribution in [1.82, 2.24) is 0 Å². The second-order valence-electron chi connectivity index (χ2n) is 5.35. The molecule has 0 amide bonds. The molecule has 3 aromatic carbocycles. The van der Waals surface area contributed by atoms with Crippen LogP contribution in [0.5, 0.6) is 0 Å². The molecule has 1 heterocycles. The Hall–Kier alpha value is -2.74. The molecule has 0 bridgehead atoms. The molecule has 0 saturated heterocycles. The van der Waals surface area contributed by atoms with Gasteiger partial charge >= 0.3 is 0 Å². The van der Waals surface area contributed by atoms with E-state index in [0.29, 0.717) is 0 Å². The largest absolute Gasteiger partial charge is 0.456 e. The summed E-state index contributed by atoms with van der Waals surface area (Å²) in [7, 11) is 0. The van der Waals surface area contributed by atoms with E-state index in [4.69, 9.17) is 10.2 Å². The Morgan fingerprint density at radius 3 is 2.24 bits per heavy atom. The third-order valence-corrected chi connectivity index (χ3v) is 3.81. The fourth-order valence-corrected chi connectivity index (χ4v) is 2.78. The predicted molar refractivity (Wildman–Crippen MR) is 87.4 cm³/mol. The first-order chi connectivity index (χ1) is 10.3. The van der Waals surface area contributed by atoms with Gasteiger partial charge in [-0.2, -0.15) is 0 Å². The molecule has 0 aliphatic carbocycles. The summed E-state index contributed by atoms with van der Waals surface area (Å²) < 4.78 is 5.86. The van der Waals surface area contributed by atoms with Crippen LogP contribution in [-0.4, -0.2) is 0 Å². The van der Waals surface area contributed by atoms with Crippen molar-refractivity contribution in [2.75, 3.05) is 5.73 Å². The second-order valence-corrected chi connectivity index (χ2v) is 5.35. The maximum atomic E-state index is 5.89. The second kappa shape index (κ2) is 4.67. The Kier molecular flexibility index (Phi) is 2.68. The zero-order chi connectivity index (χ0) is 14.2. The molecule has 0 saturated carbocycles. The number of benzene rings is 3. The predicted octanol–water partition coefficient (Wildman–Crippen LogP) is 4.76. The monoisotopic (exact) mass is 273 g/mol. The molecule has 21 heavy (non-hydrogen) atoms. The minimum absolute atomic E-state index is 0.763. The van der Waals surface area contributed by atoms with Gasteiger partial charge in [0.25, 0.3) is 0 Å². The maximum absolute atomic E-state index is 5.89. The molecule has 1 aromatic heterocycles. The lowest BCUT2D eigenvalue weighted by Gasteiger charge is -2.02. The van der Waals surface area contributed by atoms with Crippen molar-refractivity contribution in [2.45, 2.75) is 6.42 Å². The van der Waals surface area contributed by atoms with E-state index in [1.807, 2.05) is 30.3 Å². The Bertz CT molecular complexity index is 922. The SMILES string of the molecule is Nc1ccc2oc3ccc(Cc4ccccc4)cc3c2c1. The molecule has 0 aliphatic rings. The van der Waals surface area contributed by atoms with Crippen LogP contribution in [0.1, 0.15) is 11.1 Å². The third kappa shape index (κ3) is 2.15. The zero-order valence-corrected chi connectivity index (χ0v) is 11.5. The number of nitrogen functional groups attached to an aromatic ring is 1. The fraction of sp³-hybridized carbons (Fsp3) is 0.0526. The van der Waals surface area contributed by atoms with Crippen molar-refractivity contribution >= 4 is 27.6 Å². The lowest BCUT2D eigenvalue weighted by Crippen LogP contribution is -1.87. The van der Waals surface area contributed by atoms with Gasteiger partial charge in [0.1, 0.15) is 11.2 Å². The first-order valence-electron chi connectivity index (χ1n) is 7.04. The van der Waals surface area contributed by atoms with Crippen LogP contribution in [0.2, 0.25) is 0 Å². The van der Waals surface area contributed by atoms with Crippen LogP contribution in [0.15, 0.2) is 71.1 Å². The molecule has 0 fully saturated rings. The van der Waals surface area contributed by atoms with E-state index < -0.39 is 0 Å². The van der Waals surface area contributed by atoms with Crippen molar-refractivity contribution < 1.29 is 4.42 Å². The quantitative estimate of drug-likeness (QED) is 0.535. The molecule has 4 aromatic rings. The summed E-state index contributed by atoms with van der Waals surface area (Å²) in [6.45, 7) is 0. The van der Waals surface area contributed by atoms with Crippen LogP contribution in [0.4, 0.5) is 5.69 Å². The maximum Gasteiger partial charge on any atom is 0.135 e. The van der Waals surface area contributed by atoms with E-state index in [0.717, 1.165) is 34.0 Å². The summed E-state index contributed by atoms with van der Waals surface area (Å²) in [5.41, 5.74) is 11.0. The summed E-state index contributed by atoms with van der Waals surface area (Å²) in [5.74, 6) is 0. The molecule has 0 spiro atoms. The highest BCUT2D eigenvalue weighted by molar-refractivity contribution is 6.06. The van der Waals surface area contributed by atoms with E-state index in [-0.39, 0.29) is 0 Å². The molecule has 0 aliphatic heterocycles. The Morgan fingerprint density at radius 2 is 1.43 bits per heavy atom. The van der Waals surface area contributed by atoms with E-state index in [9.17, 15) is 0 Å². The highest BCUT2D eigenvalue weighted by Gasteiger charge is 2.08. The third-order valence-electron chi connectivity index (χ3n) is 3.81. The average Bonchev–Trinajstić information content (AvgIpc) is 2.86. The zero-order valence-electron chi connectivity index (χ0n) is 11.5. The van der Waals surface area contributed by atoms with E-state index in [1.54, 1.807) is 0 Å². The van der Waals surface area contributed by atoms with Crippen molar-refractivity contribution in [3.63, 3.8) is 0 Å². The van der Waals surface area contributed by atoms with Crippen molar-refractivity contribution in [2.24, 2.45) is 0 Å². The summed E-state index contributed by atoms with van der Waals surface area (Å²) in [6, 6.07) is 22.6. The number of rotatable bonds is 2. The van der Waals surface area contributed by atoms with Gasteiger partial charge in [-0.25, -0.2) is 0 Å². The highest BCUT2D eigenvalue weighted by atomic mass is 16.3. The van der Waals surface area contributed by atoms with Crippen LogP contribution >= 0.6 is 0 Å². The molecule has 2 nitrogen and oxygen atoms in total. The van der Waals surface area contributed by atoms with E-state index >= 15 is 0 Å². The molecule has 102 valence electrons. The summed E-state index contributed by atoms with van der Waals surface area (Å²) >= 11 is 0. The highest BCUT2D eigenvalue weighted by Crippen LogP contribution is 2.31. The van der Waals surface area contributed by atoms with Gasteiger partial charge < -0.3 is 10.2 Å². The fourth-order valence-electron chi connectivity index (χ4n) is 2.78. The molecular formula is C19H15NO. The normalized spacial score (nSPS) is 11.2. The van der Waals surface area contributed by atoms with Gasteiger partial charge in [-0.15, -0.1) is 0 Å². The van der Waals surface area contributed by atoms with Crippen LogP contribution in [0.3, 0.4) is 0 Å². The van der Waals surface area contributed by atoms with Gasteiger partial charge in [0, 0.05) is 16.5 Å². The van der Waals surface area contributed by atoms with Gasteiger partial charge in [-0.1, -0.05) is 36.4 Å². The van der Waals surface area contributed by atoms with Crippen LogP contribution < -0.4 is 5.73 Å². The van der Waals surface area contributed by atoms with Gasteiger partial charge in [-0.3, -0.25) is 0 Å². The van der Waals surface area contributed by atoms with Gasteiger partial charge in [-0.05, 0) is 47.9 Å². The summed E-state index contributed by atoms with van der Waals surface area (Å²) in [5, 5.41) is 2.21. The number of nitrogens with two attached hydrogens (primary N) is 1. The minimum Gasteiger partial charge on any atom is -0.456 e. The van der Waals surface area contributed by atoms with Crippen molar-refractivity contribution in [3.8, 4) is 0 Å². The van der Waals surface area contributed by atoms with E-state index in [1.165, 1.54) is 11.1 Å². The first-order valence-corrected chi connectivity index (χ1v) is 7.04. The molecule has 0 radical (unpaired) electrons. The van der Waals surface area contributed by atoms with Crippen LogP contribution in [0.25, 0.3) is 21.9 Å². The molecule has 2 N–H and O–H groups in total. The van der Waals surface area contributed by atoms with E-state index in [2.05, 4.69) is 36.4 Å². The molecule has 2 heteroatoms. The number of anilines is 1. The number of fused-ring (bicyclic) bond motifs is 3. The average molecular weight is 273 g/mol. The first kappa shape index (κ1) is 12.0. The molecule has 0 atom stereocenters. The molecular weight excluding hydrogens is 258 g/mol. The Balaban J connectivity index is 1.85. The topological polar surface area (TPSA) is 39.2 Å². The Labute approximate surface area is 122 Å². The molecule has 0 unspecified atom stereocenters. The standard InChI is InChI=1S/C19H15NO/c20-15-7-9-19-17(12-15)16-11-14(6-8-18(16)21-19)10-13-4-2-1-3-5-13/h1-9,11-12H,10,20H2. The van der Waals surface area contributed by atoms with Gasteiger partial charge in [0.2, 0.25) is 0 Å². The number of hydrogen-bond acceptors (Lipinski definition) is 2. The summed E-state index contributed by atoms with van der Waals surface area (Å²) in [4.78, 5) is 0. The van der Waals surface area contributed by atoms with Crippen LogP contribution in [0, 0.1) is 0 Å². The lowest BCUT2D eigenvalue weighted by molar-refractivity contribution is 0.669. The van der Waals surface area contributed by atoms with Crippen LogP contribution in [-0.2, 0) is 6.42 Å². The van der Waals surface area contributed by atoms with Crippen molar-refractivity contribution in [1.29, 1.82) is 0 Å². The van der Waals surface area contributed by atoms with Gasteiger partial charge in [0.15, 0.2) is 0 Å². The molecule has 4 rings (SSSR count). The minimum atomic E-state index is 0.763. The van der Waals surface area contributed by atoms with Crippen molar-refractivity contribution in [3.05, 3.63) is 77.9 Å². The summed E-state index contributed by atoms with van der Waals surface area (Å²) in [6.07, 6.45) is 0.922.